The van der Waals surface area contributed by atoms with Gasteiger partial charge in [0.15, 0.2) is 0 Å². The summed E-state index contributed by atoms with van der Waals surface area (Å²) in [6.07, 6.45) is 5.37. The molecule has 1 heterocycles. The molecule has 0 aromatic rings. The van der Waals surface area contributed by atoms with E-state index in [-0.39, 0.29) is 0 Å². The first-order chi connectivity index (χ1) is 5.83. The van der Waals surface area contributed by atoms with Crippen LogP contribution in [0.15, 0.2) is 0 Å². The molecule has 12 heavy (non-hydrogen) atoms. The van der Waals surface area contributed by atoms with Crippen LogP contribution in [0.3, 0.4) is 0 Å². The largest absolute Gasteiger partial charge is 0.348 e. The number of hydrogen-bond acceptors (Lipinski definition) is 2. The van der Waals surface area contributed by atoms with E-state index in [2.05, 4.69) is 17.3 Å². The van der Waals surface area contributed by atoms with Crippen LogP contribution in [0.4, 0.5) is 0 Å². The number of carbonyl (C=O) groups excluding carboxylic acids is 1. The second-order valence-electron chi connectivity index (χ2n) is 3.56. The van der Waals surface area contributed by atoms with Crippen LogP contribution in [0, 0.1) is 5.92 Å². The SMILES string of the molecule is CN1CCC(CCN[C]=O)CC1. The zero-order valence-electron chi connectivity index (χ0n) is 7.68. The van der Waals surface area contributed by atoms with Crippen LogP contribution in [0.2, 0.25) is 0 Å². The van der Waals surface area contributed by atoms with E-state index in [0.29, 0.717) is 0 Å². The summed E-state index contributed by atoms with van der Waals surface area (Å²) in [5.41, 5.74) is 0. The molecule has 0 spiro atoms. The number of likely N-dealkylation sites (tertiary alicyclic amines) is 1. The smallest absolute Gasteiger partial charge is 0.309 e. The lowest BCUT2D eigenvalue weighted by atomic mass is 9.94. The maximum Gasteiger partial charge on any atom is 0.309 e. The van der Waals surface area contributed by atoms with Crippen molar-refractivity contribution in [2.24, 2.45) is 5.92 Å². The van der Waals surface area contributed by atoms with E-state index in [4.69, 9.17) is 0 Å². The second-order valence-corrected chi connectivity index (χ2v) is 3.56. The predicted molar refractivity (Wildman–Crippen MR) is 48.5 cm³/mol. The fraction of sp³-hybridized carbons (Fsp3) is 0.889. The van der Waals surface area contributed by atoms with Crippen molar-refractivity contribution in [3.8, 4) is 0 Å². The topological polar surface area (TPSA) is 32.3 Å². The zero-order chi connectivity index (χ0) is 8.81. The lowest BCUT2D eigenvalue weighted by Gasteiger charge is -2.28. The van der Waals surface area contributed by atoms with E-state index in [0.717, 1.165) is 18.9 Å². The van der Waals surface area contributed by atoms with Gasteiger partial charge in [-0.1, -0.05) is 0 Å². The molecule has 0 saturated carbocycles. The van der Waals surface area contributed by atoms with Crippen molar-refractivity contribution in [1.82, 2.24) is 10.2 Å². The Kier molecular flexibility index (Phi) is 4.08. The molecule has 1 aliphatic rings. The quantitative estimate of drug-likeness (QED) is 0.487. The molecule has 0 aliphatic carbocycles. The van der Waals surface area contributed by atoms with E-state index in [9.17, 15) is 4.79 Å². The summed E-state index contributed by atoms with van der Waals surface area (Å²) in [7, 11) is 2.16. The minimum atomic E-state index is 0.790. The number of nitrogens with one attached hydrogen (secondary N) is 1. The summed E-state index contributed by atoms with van der Waals surface area (Å²) in [6.45, 7) is 3.20. The third-order valence-electron chi connectivity index (χ3n) is 2.59. The van der Waals surface area contributed by atoms with Crippen molar-refractivity contribution >= 4 is 6.41 Å². The van der Waals surface area contributed by atoms with Gasteiger partial charge < -0.3 is 10.2 Å². The van der Waals surface area contributed by atoms with Crippen LogP contribution in [0.25, 0.3) is 0 Å². The fourth-order valence-corrected chi connectivity index (χ4v) is 1.68. The molecular formula is C9H17N2O. The normalized spacial score (nSPS) is 20.8. The molecule has 1 N–H and O–H groups in total. The second kappa shape index (κ2) is 5.14. The number of piperidine rings is 1. The van der Waals surface area contributed by atoms with Crippen molar-refractivity contribution in [1.29, 1.82) is 0 Å². The van der Waals surface area contributed by atoms with Gasteiger partial charge in [0.1, 0.15) is 0 Å². The van der Waals surface area contributed by atoms with Crippen LogP contribution in [-0.2, 0) is 4.79 Å². The number of amides is 1. The maximum absolute atomic E-state index is 9.85. The van der Waals surface area contributed by atoms with Crippen LogP contribution in [0.5, 0.6) is 0 Å². The van der Waals surface area contributed by atoms with Gasteiger partial charge in [-0.3, -0.25) is 4.79 Å². The van der Waals surface area contributed by atoms with Gasteiger partial charge in [0.2, 0.25) is 0 Å². The van der Waals surface area contributed by atoms with Gasteiger partial charge in [0.05, 0.1) is 0 Å². The Hall–Kier alpha value is -0.570. The van der Waals surface area contributed by atoms with Gasteiger partial charge in [-0.25, -0.2) is 0 Å². The summed E-state index contributed by atoms with van der Waals surface area (Å²) >= 11 is 0. The van der Waals surface area contributed by atoms with Gasteiger partial charge in [-0.05, 0) is 45.3 Å². The molecule has 1 rings (SSSR count). The first kappa shape index (κ1) is 9.52. The van der Waals surface area contributed by atoms with E-state index < -0.39 is 0 Å². The Balaban J connectivity index is 2.05. The molecule has 1 fully saturated rings. The highest BCUT2D eigenvalue weighted by Crippen LogP contribution is 2.18. The molecule has 0 atom stereocenters. The Labute approximate surface area is 74.1 Å². The van der Waals surface area contributed by atoms with Crippen molar-refractivity contribution in [3.05, 3.63) is 0 Å². The van der Waals surface area contributed by atoms with Crippen molar-refractivity contribution in [2.45, 2.75) is 19.3 Å². The third kappa shape index (κ3) is 3.22. The Morgan fingerprint density at radius 2 is 2.17 bits per heavy atom. The van der Waals surface area contributed by atoms with Crippen molar-refractivity contribution in [2.75, 3.05) is 26.7 Å². The highest BCUT2D eigenvalue weighted by atomic mass is 16.1. The summed E-state index contributed by atoms with van der Waals surface area (Å²) < 4.78 is 0. The molecule has 0 bridgehead atoms. The van der Waals surface area contributed by atoms with E-state index in [1.807, 2.05) is 0 Å². The number of nitrogens with zero attached hydrogens (tertiary/aromatic N) is 1. The van der Waals surface area contributed by atoms with Crippen LogP contribution in [0.1, 0.15) is 19.3 Å². The standard InChI is InChI=1S/C9H17N2O/c1-11-6-3-9(4-7-11)2-5-10-8-12/h9H,2-7H2,1H3,(H,10,12). The first-order valence-corrected chi connectivity index (χ1v) is 4.61. The predicted octanol–water partition coefficient (Wildman–Crippen LogP) is 0.375. The zero-order valence-corrected chi connectivity index (χ0v) is 7.68. The highest BCUT2D eigenvalue weighted by molar-refractivity contribution is 5.46. The van der Waals surface area contributed by atoms with E-state index in [1.165, 1.54) is 25.9 Å². The summed E-state index contributed by atoms with van der Waals surface area (Å²) in [6, 6.07) is 0. The van der Waals surface area contributed by atoms with Gasteiger partial charge in [0.25, 0.3) is 0 Å². The van der Waals surface area contributed by atoms with Crippen molar-refractivity contribution in [3.63, 3.8) is 0 Å². The van der Waals surface area contributed by atoms with E-state index >= 15 is 0 Å². The lowest BCUT2D eigenvalue weighted by molar-refractivity contribution is 0.213. The van der Waals surface area contributed by atoms with Gasteiger partial charge >= 0.3 is 6.41 Å². The molecule has 1 aliphatic heterocycles. The van der Waals surface area contributed by atoms with E-state index in [1.54, 1.807) is 6.41 Å². The summed E-state index contributed by atoms with van der Waals surface area (Å²) in [5, 5.41) is 2.59. The lowest BCUT2D eigenvalue weighted by Crippen LogP contribution is -2.31. The first-order valence-electron chi connectivity index (χ1n) is 4.61. The minimum Gasteiger partial charge on any atom is -0.348 e. The van der Waals surface area contributed by atoms with Crippen molar-refractivity contribution < 1.29 is 4.79 Å². The molecule has 3 heteroatoms. The van der Waals surface area contributed by atoms with Gasteiger partial charge in [-0.2, -0.15) is 0 Å². The molecule has 69 valence electrons. The highest BCUT2D eigenvalue weighted by Gasteiger charge is 2.15. The summed E-state index contributed by atoms with van der Waals surface area (Å²) in [4.78, 5) is 12.2. The number of rotatable bonds is 4. The third-order valence-corrected chi connectivity index (χ3v) is 2.59. The minimum absolute atomic E-state index is 0.790. The fourth-order valence-electron chi connectivity index (χ4n) is 1.68. The Bertz CT molecular complexity index is 130. The molecule has 1 saturated heterocycles. The molecule has 0 aromatic carbocycles. The van der Waals surface area contributed by atoms with Crippen LogP contribution in [-0.4, -0.2) is 38.0 Å². The Morgan fingerprint density at radius 1 is 1.50 bits per heavy atom. The molecular weight excluding hydrogens is 152 g/mol. The molecule has 3 nitrogen and oxygen atoms in total. The van der Waals surface area contributed by atoms with Gasteiger partial charge in [-0.15, -0.1) is 0 Å². The Morgan fingerprint density at radius 3 is 2.75 bits per heavy atom. The average Bonchev–Trinajstić information content (AvgIpc) is 2.09. The molecule has 0 aromatic heterocycles. The number of hydrogen-bond donors (Lipinski definition) is 1. The van der Waals surface area contributed by atoms with Crippen LogP contribution >= 0.6 is 0 Å². The molecule has 1 radical (unpaired) electrons. The van der Waals surface area contributed by atoms with Crippen LogP contribution < -0.4 is 5.32 Å². The van der Waals surface area contributed by atoms with Gasteiger partial charge in [0, 0.05) is 6.54 Å². The average molecular weight is 169 g/mol. The monoisotopic (exact) mass is 169 g/mol. The maximum atomic E-state index is 9.85. The molecule has 0 unspecified atom stereocenters. The molecule has 1 amide bonds. The summed E-state index contributed by atoms with van der Waals surface area (Å²) in [5.74, 6) is 0.807.